The zero-order valence-electron chi connectivity index (χ0n) is 5.85. The van der Waals surface area contributed by atoms with Gasteiger partial charge in [-0.3, -0.25) is 0 Å². The molecule has 0 amide bonds. The van der Waals surface area contributed by atoms with E-state index < -0.39 is 0 Å². The van der Waals surface area contributed by atoms with E-state index in [1.807, 2.05) is 6.92 Å². The first-order valence-corrected chi connectivity index (χ1v) is 3.09. The lowest BCUT2D eigenvalue weighted by Gasteiger charge is -2.00. The smallest absolute Gasteiger partial charge is 0.0922 e. The minimum Gasteiger partial charge on any atom is -0.386 e. The molecule has 9 heavy (non-hydrogen) atoms. The molecular formula is C6H15N3. The van der Waals surface area contributed by atoms with E-state index in [1.54, 1.807) is 0 Å². The van der Waals surface area contributed by atoms with Crippen LogP contribution >= 0.6 is 0 Å². The Kier molecular flexibility index (Phi) is 3.88. The summed E-state index contributed by atoms with van der Waals surface area (Å²) < 4.78 is 0. The van der Waals surface area contributed by atoms with E-state index in [-0.39, 0.29) is 0 Å². The van der Waals surface area contributed by atoms with Gasteiger partial charge in [0, 0.05) is 0 Å². The van der Waals surface area contributed by atoms with Crippen LogP contribution in [0.25, 0.3) is 0 Å². The van der Waals surface area contributed by atoms with Crippen molar-refractivity contribution >= 4 is 0 Å². The fourth-order valence-corrected chi connectivity index (χ4v) is 0.512. The summed E-state index contributed by atoms with van der Waals surface area (Å²) in [6.45, 7) is 2.62. The molecule has 6 N–H and O–H groups in total. The van der Waals surface area contributed by atoms with Gasteiger partial charge in [0.25, 0.3) is 0 Å². The first-order chi connectivity index (χ1) is 4.18. The van der Waals surface area contributed by atoms with Crippen molar-refractivity contribution in [2.24, 2.45) is 17.2 Å². The molecule has 0 saturated heterocycles. The fourth-order valence-electron chi connectivity index (χ4n) is 0.512. The van der Waals surface area contributed by atoms with Crippen molar-refractivity contribution in [2.45, 2.75) is 19.8 Å². The van der Waals surface area contributed by atoms with Crippen molar-refractivity contribution in [1.29, 1.82) is 0 Å². The lowest BCUT2D eigenvalue weighted by molar-refractivity contribution is 0.811. The third-order valence-corrected chi connectivity index (χ3v) is 1.25. The molecule has 0 spiro atoms. The van der Waals surface area contributed by atoms with Crippen LogP contribution in [0.3, 0.4) is 0 Å². The van der Waals surface area contributed by atoms with Crippen LogP contribution in [0.2, 0.25) is 0 Å². The molecule has 0 heterocycles. The molecule has 0 unspecified atom stereocenters. The largest absolute Gasteiger partial charge is 0.386 e. The molecule has 0 saturated carbocycles. The highest BCUT2D eigenvalue weighted by Crippen LogP contribution is 2.01. The molecule has 3 heteroatoms. The average molecular weight is 129 g/mol. The summed E-state index contributed by atoms with van der Waals surface area (Å²) in [5.74, 6) is 0.434. The molecule has 3 nitrogen and oxygen atoms in total. The van der Waals surface area contributed by atoms with Crippen molar-refractivity contribution < 1.29 is 0 Å². The number of allylic oxidation sites excluding steroid dienone is 1. The molecule has 0 radical (unpaired) electrons. The van der Waals surface area contributed by atoms with Crippen molar-refractivity contribution in [3.05, 3.63) is 11.4 Å². The summed E-state index contributed by atoms with van der Waals surface area (Å²) in [6, 6.07) is 0. The number of nitrogens with two attached hydrogens (primary N) is 3. The van der Waals surface area contributed by atoms with E-state index in [0.29, 0.717) is 12.4 Å². The molecule has 0 aliphatic carbocycles. The van der Waals surface area contributed by atoms with E-state index in [4.69, 9.17) is 17.2 Å². The number of hydrogen-bond donors (Lipinski definition) is 3. The van der Waals surface area contributed by atoms with Gasteiger partial charge in [-0.2, -0.15) is 0 Å². The Balaban J connectivity index is 3.50. The number of hydrogen-bond acceptors (Lipinski definition) is 3. The number of rotatable bonds is 3. The molecule has 0 atom stereocenters. The van der Waals surface area contributed by atoms with Gasteiger partial charge in [-0.25, -0.2) is 0 Å². The van der Waals surface area contributed by atoms with Crippen LogP contribution in [-0.4, -0.2) is 6.54 Å². The molecule has 0 aliphatic rings. The van der Waals surface area contributed by atoms with Gasteiger partial charge in [0.05, 0.1) is 5.82 Å². The van der Waals surface area contributed by atoms with Gasteiger partial charge in [0.2, 0.25) is 0 Å². The Morgan fingerprint density at radius 1 is 1.33 bits per heavy atom. The van der Waals surface area contributed by atoms with Crippen molar-refractivity contribution in [3.63, 3.8) is 0 Å². The average Bonchev–Trinajstić information content (AvgIpc) is 1.82. The Morgan fingerprint density at radius 2 is 1.89 bits per heavy atom. The highest BCUT2D eigenvalue weighted by Gasteiger charge is 1.91. The maximum absolute atomic E-state index is 5.29. The summed E-state index contributed by atoms with van der Waals surface area (Å²) in [5.41, 5.74) is 16.9. The Bertz CT molecular complexity index is 103. The molecule has 0 bridgehead atoms. The van der Waals surface area contributed by atoms with Gasteiger partial charge >= 0.3 is 0 Å². The van der Waals surface area contributed by atoms with Gasteiger partial charge in [0.1, 0.15) is 0 Å². The minimum atomic E-state index is 0.434. The van der Waals surface area contributed by atoms with Crippen LogP contribution in [0.5, 0.6) is 0 Å². The lowest BCUT2D eigenvalue weighted by Crippen LogP contribution is -2.11. The van der Waals surface area contributed by atoms with E-state index in [0.717, 1.165) is 18.4 Å². The SMILES string of the molecule is CC(CCCN)=C(N)N. The predicted octanol–water partition coefficient (Wildman–Crippen LogP) is -0.126. The second-order valence-corrected chi connectivity index (χ2v) is 2.13. The maximum atomic E-state index is 5.29. The minimum absolute atomic E-state index is 0.434. The van der Waals surface area contributed by atoms with Gasteiger partial charge < -0.3 is 17.2 Å². The first-order valence-electron chi connectivity index (χ1n) is 3.09. The quantitative estimate of drug-likeness (QED) is 0.497. The normalized spacial score (nSPS) is 9.11. The molecule has 0 aromatic rings. The zero-order chi connectivity index (χ0) is 7.28. The Labute approximate surface area is 55.9 Å². The third-order valence-electron chi connectivity index (χ3n) is 1.25. The van der Waals surface area contributed by atoms with Gasteiger partial charge in [0.15, 0.2) is 0 Å². The monoisotopic (exact) mass is 129 g/mol. The summed E-state index contributed by atoms with van der Waals surface area (Å²) >= 11 is 0. The second-order valence-electron chi connectivity index (χ2n) is 2.13. The molecular weight excluding hydrogens is 114 g/mol. The Morgan fingerprint density at radius 3 is 2.22 bits per heavy atom. The van der Waals surface area contributed by atoms with Crippen LogP contribution in [0, 0.1) is 0 Å². The predicted molar refractivity (Wildman–Crippen MR) is 39.4 cm³/mol. The highest BCUT2D eigenvalue weighted by atomic mass is 14.8. The first kappa shape index (κ1) is 8.30. The molecule has 0 aromatic carbocycles. The summed E-state index contributed by atoms with van der Waals surface area (Å²) in [4.78, 5) is 0. The third kappa shape index (κ3) is 3.85. The highest BCUT2D eigenvalue weighted by molar-refractivity contribution is 5.03. The fraction of sp³-hybridized carbons (Fsp3) is 0.667. The molecule has 0 aliphatic heterocycles. The second kappa shape index (κ2) is 4.21. The standard InChI is InChI=1S/C6H15N3/c1-5(6(8)9)3-2-4-7/h2-4,7-9H2,1H3. The molecule has 0 aromatic heterocycles. The molecule has 0 fully saturated rings. The van der Waals surface area contributed by atoms with Crippen LogP contribution in [0.15, 0.2) is 11.4 Å². The van der Waals surface area contributed by atoms with Crippen LogP contribution in [-0.2, 0) is 0 Å². The van der Waals surface area contributed by atoms with Gasteiger partial charge in [-0.05, 0) is 31.9 Å². The van der Waals surface area contributed by atoms with E-state index >= 15 is 0 Å². The summed E-state index contributed by atoms with van der Waals surface area (Å²) in [5, 5.41) is 0. The Hall–Kier alpha value is -0.700. The summed E-state index contributed by atoms with van der Waals surface area (Å²) in [6.07, 6.45) is 1.88. The van der Waals surface area contributed by atoms with E-state index in [2.05, 4.69) is 0 Å². The maximum Gasteiger partial charge on any atom is 0.0922 e. The topological polar surface area (TPSA) is 78.1 Å². The zero-order valence-corrected chi connectivity index (χ0v) is 5.85. The van der Waals surface area contributed by atoms with E-state index in [1.165, 1.54) is 0 Å². The van der Waals surface area contributed by atoms with Crippen LogP contribution in [0.1, 0.15) is 19.8 Å². The van der Waals surface area contributed by atoms with E-state index in [9.17, 15) is 0 Å². The summed E-state index contributed by atoms with van der Waals surface area (Å²) in [7, 11) is 0. The van der Waals surface area contributed by atoms with Crippen LogP contribution < -0.4 is 17.2 Å². The van der Waals surface area contributed by atoms with Crippen molar-refractivity contribution in [3.8, 4) is 0 Å². The van der Waals surface area contributed by atoms with Crippen molar-refractivity contribution in [2.75, 3.05) is 6.54 Å². The van der Waals surface area contributed by atoms with Gasteiger partial charge in [-0.15, -0.1) is 0 Å². The molecule has 0 rings (SSSR count). The molecule has 54 valence electrons. The van der Waals surface area contributed by atoms with Crippen molar-refractivity contribution in [1.82, 2.24) is 0 Å². The van der Waals surface area contributed by atoms with Crippen LogP contribution in [0.4, 0.5) is 0 Å². The van der Waals surface area contributed by atoms with Gasteiger partial charge in [-0.1, -0.05) is 0 Å². The lowest BCUT2D eigenvalue weighted by atomic mass is 10.2.